The number of halogens is 2. The Morgan fingerprint density at radius 1 is 1.26 bits per heavy atom. The van der Waals surface area contributed by atoms with E-state index in [0.29, 0.717) is 28.8 Å². The van der Waals surface area contributed by atoms with Gasteiger partial charge in [0.2, 0.25) is 0 Å². The second kappa shape index (κ2) is 4.68. The molecule has 1 aliphatic rings. The first-order chi connectivity index (χ1) is 8.67. The fourth-order valence-electron chi connectivity index (χ4n) is 2.72. The molecular formula is C15H18Cl2O2. The van der Waals surface area contributed by atoms with Crippen LogP contribution in [-0.4, -0.2) is 11.1 Å². The predicted molar refractivity (Wildman–Crippen MR) is 78.0 cm³/mol. The van der Waals surface area contributed by atoms with Gasteiger partial charge in [-0.15, -0.1) is 0 Å². The maximum absolute atomic E-state index is 11.7. The van der Waals surface area contributed by atoms with Crippen LogP contribution in [-0.2, 0) is 10.2 Å². The molecule has 0 atom stereocenters. The number of carboxylic acids is 1. The zero-order valence-corrected chi connectivity index (χ0v) is 12.8. The molecule has 2 rings (SSSR count). The Balaban J connectivity index is 2.33. The minimum Gasteiger partial charge on any atom is -0.481 e. The quantitative estimate of drug-likeness (QED) is 0.854. The van der Waals surface area contributed by atoms with Crippen molar-refractivity contribution in [1.82, 2.24) is 0 Å². The van der Waals surface area contributed by atoms with Crippen molar-refractivity contribution >= 4 is 29.2 Å². The highest BCUT2D eigenvalue weighted by Gasteiger charge is 2.54. The number of hydrogen-bond donors (Lipinski definition) is 1. The molecule has 0 unspecified atom stereocenters. The summed E-state index contributed by atoms with van der Waals surface area (Å²) in [5.41, 5.74) is 0.0938. The van der Waals surface area contributed by atoms with Crippen LogP contribution in [0.3, 0.4) is 0 Å². The van der Waals surface area contributed by atoms with Crippen molar-refractivity contribution in [3.05, 3.63) is 33.8 Å². The van der Waals surface area contributed by atoms with Gasteiger partial charge in [0.25, 0.3) is 0 Å². The lowest BCUT2D eigenvalue weighted by Crippen LogP contribution is -2.51. The summed E-state index contributed by atoms with van der Waals surface area (Å²) in [6, 6.07) is 5.15. The molecule has 0 heterocycles. The lowest BCUT2D eigenvalue weighted by Gasteiger charge is -2.50. The Kier molecular flexibility index (Phi) is 3.61. The first kappa shape index (κ1) is 14.7. The van der Waals surface area contributed by atoms with Gasteiger partial charge in [-0.25, -0.2) is 0 Å². The normalized spacial score (nSPS) is 26.9. The molecule has 0 spiro atoms. The molecule has 0 radical (unpaired) electrons. The summed E-state index contributed by atoms with van der Waals surface area (Å²) in [6.45, 7) is 6.45. The number of benzene rings is 1. The van der Waals surface area contributed by atoms with Crippen LogP contribution >= 0.6 is 23.2 Å². The minimum absolute atomic E-state index is 0.134. The maximum atomic E-state index is 11.7. The van der Waals surface area contributed by atoms with E-state index in [1.54, 1.807) is 18.2 Å². The molecular weight excluding hydrogens is 283 g/mol. The predicted octanol–water partition coefficient (Wildman–Crippen LogP) is 4.77. The van der Waals surface area contributed by atoms with Crippen LogP contribution in [0.2, 0.25) is 10.0 Å². The highest BCUT2D eigenvalue weighted by Crippen LogP contribution is 2.54. The molecule has 1 aromatic rings. The van der Waals surface area contributed by atoms with Crippen LogP contribution in [0.4, 0.5) is 0 Å². The third-order valence-corrected chi connectivity index (χ3v) is 5.04. The van der Waals surface area contributed by atoms with Crippen LogP contribution in [0.5, 0.6) is 0 Å². The van der Waals surface area contributed by atoms with Crippen molar-refractivity contribution < 1.29 is 9.90 Å². The van der Waals surface area contributed by atoms with Crippen LogP contribution in [0.15, 0.2) is 18.2 Å². The molecule has 4 heteroatoms. The molecule has 104 valence electrons. The summed E-state index contributed by atoms with van der Waals surface area (Å²) in [5, 5.41) is 10.5. The Morgan fingerprint density at radius 2 is 1.84 bits per heavy atom. The number of carboxylic acid groups (broad SMARTS) is 1. The molecule has 0 aromatic heterocycles. The number of carbonyl (C=O) groups is 1. The highest BCUT2D eigenvalue weighted by molar-refractivity contribution is 6.42. The van der Waals surface area contributed by atoms with E-state index in [9.17, 15) is 9.90 Å². The van der Waals surface area contributed by atoms with Crippen molar-refractivity contribution in [1.29, 1.82) is 0 Å². The maximum Gasteiger partial charge on any atom is 0.314 e. The van der Waals surface area contributed by atoms with E-state index in [1.807, 2.05) is 0 Å². The fraction of sp³-hybridized carbons (Fsp3) is 0.533. The van der Waals surface area contributed by atoms with Crippen molar-refractivity contribution in [2.24, 2.45) is 11.3 Å². The monoisotopic (exact) mass is 300 g/mol. The first-order valence-corrected chi connectivity index (χ1v) is 7.11. The van der Waals surface area contributed by atoms with Gasteiger partial charge in [-0.1, -0.05) is 50.0 Å². The van der Waals surface area contributed by atoms with Gasteiger partial charge in [0.1, 0.15) is 0 Å². The zero-order valence-electron chi connectivity index (χ0n) is 11.3. The molecule has 19 heavy (non-hydrogen) atoms. The van der Waals surface area contributed by atoms with Crippen molar-refractivity contribution in [3.63, 3.8) is 0 Å². The van der Waals surface area contributed by atoms with Crippen molar-refractivity contribution in [2.75, 3.05) is 0 Å². The van der Waals surface area contributed by atoms with Crippen molar-refractivity contribution in [3.8, 4) is 0 Å². The minimum atomic E-state index is -0.799. The van der Waals surface area contributed by atoms with E-state index in [4.69, 9.17) is 23.2 Å². The first-order valence-electron chi connectivity index (χ1n) is 6.36. The molecule has 0 amide bonds. The molecule has 0 bridgehead atoms. The summed E-state index contributed by atoms with van der Waals surface area (Å²) in [7, 11) is 0. The SMILES string of the molecule is CC(C)(C)C1CC(C(=O)O)(c2ccc(Cl)c(Cl)c2)C1. The van der Waals surface area contributed by atoms with Crippen LogP contribution in [0.1, 0.15) is 39.2 Å². The van der Waals surface area contributed by atoms with Gasteiger partial charge < -0.3 is 5.11 Å². The van der Waals surface area contributed by atoms with Gasteiger partial charge in [0, 0.05) is 0 Å². The van der Waals surface area contributed by atoms with E-state index in [-0.39, 0.29) is 5.41 Å². The molecule has 0 aliphatic heterocycles. The molecule has 2 nitrogen and oxygen atoms in total. The smallest absolute Gasteiger partial charge is 0.314 e. The van der Waals surface area contributed by atoms with Crippen molar-refractivity contribution in [2.45, 2.75) is 39.0 Å². The second-order valence-corrected chi connectivity index (χ2v) is 7.30. The van der Waals surface area contributed by atoms with E-state index in [2.05, 4.69) is 20.8 Å². The number of rotatable bonds is 2. The molecule has 1 aromatic carbocycles. The summed E-state index contributed by atoms with van der Waals surface area (Å²) >= 11 is 11.9. The molecule has 0 saturated heterocycles. The Bertz CT molecular complexity index is 511. The third-order valence-electron chi connectivity index (χ3n) is 4.30. The fourth-order valence-corrected chi connectivity index (χ4v) is 3.02. The molecule has 1 N–H and O–H groups in total. The summed E-state index contributed by atoms with van der Waals surface area (Å²) in [4.78, 5) is 11.7. The lowest BCUT2D eigenvalue weighted by atomic mass is 9.52. The van der Waals surface area contributed by atoms with Gasteiger partial charge in [-0.3, -0.25) is 4.79 Å². The highest BCUT2D eigenvalue weighted by atomic mass is 35.5. The Hall–Kier alpha value is -0.730. The van der Waals surface area contributed by atoms with Gasteiger partial charge in [0.05, 0.1) is 15.5 Å². The second-order valence-electron chi connectivity index (χ2n) is 6.49. The van der Waals surface area contributed by atoms with Gasteiger partial charge in [-0.2, -0.15) is 0 Å². The molecule has 1 saturated carbocycles. The van der Waals surface area contributed by atoms with Crippen LogP contribution in [0, 0.1) is 11.3 Å². The average Bonchev–Trinajstić information content (AvgIpc) is 2.19. The largest absolute Gasteiger partial charge is 0.481 e. The number of hydrogen-bond acceptors (Lipinski definition) is 1. The van der Waals surface area contributed by atoms with E-state index in [1.165, 1.54) is 0 Å². The average molecular weight is 301 g/mol. The molecule has 1 fully saturated rings. The van der Waals surface area contributed by atoms with Crippen LogP contribution in [0.25, 0.3) is 0 Å². The third kappa shape index (κ3) is 2.48. The lowest BCUT2D eigenvalue weighted by molar-refractivity contribution is -0.152. The van der Waals surface area contributed by atoms with Gasteiger partial charge >= 0.3 is 5.97 Å². The zero-order chi connectivity index (χ0) is 14.4. The Labute approximate surface area is 123 Å². The van der Waals surface area contributed by atoms with Gasteiger partial charge in [-0.05, 0) is 41.9 Å². The molecule has 1 aliphatic carbocycles. The van der Waals surface area contributed by atoms with Gasteiger partial charge in [0.15, 0.2) is 0 Å². The topological polar surface area (TPSA) is 37.3 Å². The van der Waals surface area contributed by atoms with E-state index >= 15 is 0 Å². The van der Waals surface area contributed by atoms with Crippen LogP contribution < -0.4 is 0 Å². The standard InChI is InChI=1S/C15H18Cl2O2/c1-14(2,3)10-7-15(8-10,13(18)19)9-4-5-11(16)12(17)6-9/h4-6,10H,7-8H2,1-3H3,(H,18,19). The Morgan fingerprint density at radius 3 is 2.26 bits per heavy atom. The summed E-state index contributed by atoms with van der Waals surface area (Å²) in [6.07, 6.45) is 1.31. The summed E-state index contributed by atoms with van der Waals surface area (Å²) in [5.74, 6) is -0.357. The van der Waals surface area contributed by atoms with E-state index < -0.39 is 11.4 Å². The number of aliphatic carboxylic acids is 1. The summed E-state index contributed by atoms with van der Waals surface area (Å²) < 4.78 is 0. The van der Waals surface area contributed by atoms with E-state index in [0.717, 1.165) is 5.56 Å².